The highest BCUT2D eigenvalue weighted by atomic mass is 19.3. The summed E-state index contributed by atoms with van der Waals surface area (Å²) in [5.41, 5.74) is 3.85. The molecule has 0 aromatic heterocycles. The molecule has 0 unspecified atom stereocenters. The maximum atomic E-state index is 12.5. The molecule has 158 valence electrons. The first-order chi connectivity index (χ1) is 15.1. The number of fused-ring (bicyclic) bond motifs is 3. The topological polar surface area (TPSA) is 43.3 Å². The normalized spacial score (nSPS) is 19.4. The number of rotatable bonds is 5. The van der Waals surface area contributed by atoms with Crippen molar-refractivity contribution in [3.8, 4) is 17.2 Å². The van der Waals surface area contributed by atoms with Gasteiger partial charge in [-0.3, -0.25) is 0 Å². The third-order valence-electron chi connectivity index (χ3n) is 5.51. The lowest BCUT2D eigenvalue weighted by atomic mass is 9.96. The van der Waals surface area contributed by atoms with Gasteiger partial charge in [-0.15, -0.1) is 0 Å². The van der Waals surface area contributed by atoms with Gasteiger partial charge in [0.25, 0.3) is 0 Å². The SMILES string of the molecule is COc1ccc(C2=NN3[C@@H](c4ccc(OC(F)F)cc4)Oc4ccccc4[C@@H]3C2)cc1. The minimum Gasteiger partial charge on any atom is -0.497 e. The molecule has 2 atom stereocenters. The van der Waals surface area contributed by atoms with Crippen LogP contribution in [0.4, 0.5) is 8.78 Å². The fourth-order valence-corrected chi connectivity index (χ4v) is 4.03. The molecular formula is C24H20F2N2O3. The number of alkyl halides is 2. The highest BCUT2D eigenvalue weighted by Gasteiger charge is 2.40. The molecule has 0 fully saturated rings. The maximum absolute atomic E-state index is 12.5. The van der Waals surface area contributed by atoms with Crippen LogP contribution < -0.4 is 14.2 Å². The molecule has 0 amide bonds. The summed E-state index contributed by atoms with van der Waals surface area (Å²) in [4.78, 5) is 0. The van der Waals surface area contributed by atoms with E-state index in [0.717, 1.165) is 40.3 Å². The zero-order valence-corrected chi connectivity index (χ0v) is 16.7. The van der Waals surface area contributed by atoms with Crippen molar-refractivity contribution in [3.63, 3.8) is 0 Å². The van der Waals surface area contributed by atoms with Gasteiger partial charge in [0.2, 0.25) is 6.23 Å². The Morgan fingerprint density at radius 3 is 2.39 bits per heavy atom. The summed E-state index contributed by atoms with van der Waals surface area (Å²) < 4.78 is 41.0. The molecule has 2 aliphatic heterocycles. The second-order valence-corrected chi connectivity index (χ2v) is 7.33. The van der Waals surface area contributed by atoms with E-state index in [-0.39, 0.29) is 11.8 Å². The molecule has 0 aliphatic carbocycles. The first kappa shape index (κ1) is 19.4. The minimum atomic E-state index is -2.86. The lowest BCUT2D eigenvalue weighted by molar-refractivity contribution is -0.0499. The van der Waals surface area contributed by atoms with Crippen molar-refractivity contribution in [1.29, 1.82) is 0 Å². The van der Waals surface area contributed by atoms with Gasteiger partial charge >= 0.3 is 6.61 Å². The molecule has 2 heterocycles. The minimum absolute atomic E-state index is 0.0176. The molecule has 0 radical (unpaired) electrons. The molecule has 5 rings (SSSR count). The van der Waals surface area contributed by atoms with Gasteiger partial charge in [0.05, 0.1) is 18.9 Å². The monoisotopic (exact) mass is 422 g/mol. The van der Waals surface area contributed by atoms with Gasteiger partial charge in [0, 0.05) is 17.5 Å². The van der Waals surface area contributed by atoms with Crippen molar-refractivity contribution >= 4 is 5.71 Å². The van der Waals surface area contributed by atoms with E-state index in [9.17, 15) is 8.78 Å². The van der Waals surface area contributed by atoms with Crippen LogP contribution in [-0.4, -0.2) is 24.4 Å². The lowest BCUT2D eigenvalue weighted by Crippen LogP contribution is -2.33. The zero-order valence-electron chi connectivity index (χ0n) is 16.7. The Kier molecular flexibility index (Phi) is 4.94. The fraction of sp³-hybridized carbons (Fsp3) is 0.208. The molecule has 0 saturated carbocycles. The van der Waals surface area contributed by atoms with Crippen LogP contribution in [0, 0.1) is 0 Å². The molecule has 0 saturated heterocycles. The van der Waals surface area contributed by atoms with E-state index in [1.165, 1.54) is 12.1 Å². The number of hydrogen-bond acceptors (Lipinski definition) is 5. The number of benzene rings is 3. The van der Waals surface area contributed by atoms with Crippen molar-refractivity contribution < 1.29 is 23.0 Å². The van der Waals surface area contributed by atoms with Crippen LogP contribution in [0.5, 0.6) is 17.2 Å². The Labute approximate surface area is 178 Å². The summed E-state index contributed by atoms with van der Waals surface area (Å²) in [7, 11) is 1.64. The Hall–Kier alpha value is -3.61. The largest absolute Gasteiger partial charge is 0.497 e. The Bertz CT molecular complexity index is 1100. The van der Waals surface area contributed by atoms with Crippen molar-refractivity contribution in [2.45, 2.75) is 25.3 Å². The van der Waals surface area contributed by atoms with E-state index in [4.69, 9.17) is 14.6 Å². The summed E-state index contributed by atoms with van der Waals surface area (Å²) in [6.07, 6.45) is 0.256. The molecule has 0 bridgehead atoms. The predicted molar refractivity (Wildman–Crippen MR) is 112 cm³/mol. The van der Waals surface area contributed by atoms with Crippen LogP contribution in [0.3, 0.4) is 0 Å². The van der Waals surface area contributed by atoms with E-state index < -0.39 is 12.8 Å². The van der Waals surface area contributed by atoms with Gasteiger partial charge in [-0.1, -0.05) is 18.2 Å². The van der Waals surface area contributed by atoms with E-state index >= 15 is 0 Å². The van der Waals surface area contributed by atoms with E-state index in [2.05, 4.69) is 10.8 Å². The quantitative estimate of drug-likeness (QED) is 0.542. The van der Waals surface area contributed by atoms with Gasteiger partial charge in [-0.2, -0.15) is 13.9 Å². The van der Waals surface area contributed by atoms with Crippen LogP contribution in [0.15, 0.2) is 77.9 Å². The molecule has 5 nitrogen and oxygen atoms in total. The number of methoxy groups -OCH3 is 1. The fourth-order valence-electron chi connectivity index (χ4n) is 4.03. The van der Waals surface area contributed by atoms with Crippen molar-refractivity contribution in [3.05, 3.63) is 89.5 Å². The number of para-hydroxylation sites is 1. The molecule has 2 aliphatic rings. The maximum Gasteiger partial charge on any atom is 0.387 e. The van der Waals surface area contributed by atoms with Gasteiger partial charge < -0.3 is 14.2 Å². The molecule has 0 spiro atoms. The summed E-state index contributed by atoms with van der Waals surface area (Å²) in [6, 6.07) is 22.3. The van der Waals surface area contributed by atoms with Gasteiger partial charge in [-0.05, 0) is 60.2 Å². The average molecular weight is 422 g/mol. The molecule has 3 aromatic rings. The number of hydrazone groups is 1. The Morgan fingerprint density at radius 1 is 0.968 bits per heavy atom. The predicted octanol–water partition coefficient (Wildman–Crippen LogP) is 5.54. The van der Waals surface area contributed by atoms with E-state index in [0.29, 0.717) is 0 Å². The summed E-state index contributed by atoms with van der Waals surface area (Å²) in [6.45, 7) is -2.86. The third kappa shape index (κ3) is 3.67. The van der Waals surface area contributed by atoms with E-state index in [1.807, 2.05) is 47.5 Å². The van der Waals surface area contributed by atoms with Crippen molar-refractivity contribution in [2.75, 3.05) is 7.11 Å². The molecule has 7 heteroatoms. The van der Waals surface area contributed by atoms with E-state index in [1.54, 1.807) is 19.2 Å². The van der Waals surface area contributed by atoms with Gasteiger partial charge in [0.15, 0.2) is 0 Å². The van der Waals surface area contributed by atoms with Crippen molar-refractivity contribution in [1.82, 2.24) is 5.01 Å². The standard InChI is InChI=1S/C24H20F2N2O3/c1-29-17-10-6-15(7-11-17)20-14-21-19-4-2-3-5-22(19)31-23(28(21)27-20)16-8-12-18(13-9-16)30-24(25)26/h2-13,21,23-24H,14H2,1H3/t21-,23+/m0/s1. The van der Waals surface area contributed by atoms with Gasteiger partial charge in [0.1, 0.15) is 17.2 Å². The Morgan fingerprint density at radius 2 is 1.68 bits per heavy atom. The second-order valence-electron chi connectivity index (χ2n) is 7.33. The van der Waals surface area contributed by atoms with Crippen LogP contribution in [0.1, 0.15) is 35.4 Å². The van der Waals surface area contributed by atoms with Crippen LogP contribution in [0.25, 0.3) is 0 Å². The molecule has 3 aromatic carbocycles. The molecule has 0 N–H and O–H groups in total. The zero-order chi connectivity index (χ0) is 21.4. The number of nitrogens with zero attached hydrogens (tertiary/aromatic N) is 2. The Balaban J connectivity index is 1.50. The summed E-state index contributed by atoms with van der Waals surface area (Å²) in [5, 5.41) is 6.85. The molecule has 31 heavy (non-hydrogen) atoms. The number of hydrogen-bond donors (Lipinski definition) is 0. The van der Waals surface area contributed by atoms with Crippen LogP contribution in [-0.2, 0) is 0 Å². The number of ether oxygens (including phenoxy) is 3. The molecular weight excluding hydrogens is 402 g/mol. The highest BCUT2D eigenvalue weighted by Crippen LogP contribution is 2.47. The first-order valence-corrected chi connectivity index (χ1v) is 9.93. The van der Waals surface area contributed by atoms with Crippen molar-refractivity contribution in [2.24, 2.45) is 5.10 Å². The van der Waals surface area contributed by atoms with Crippen LogP contribution in [0.2, 0.25) is 0 Å². The smallest absolute Gasteiger partial charge is 0.387 e. The lowest BCUT2D eigenvalue weighted by Gasteiger charge is -2.38. The first-order valence-electron chi connectivity index (χ1n) is 9.93. The van der Waals surface area contributed by atoms with Crippen LogP contribution >= 0.6 is 0 Å². The highest BCUT2D eigenvalue weighted by molar-refractivity contribution is 6.02. The average Bonchev–Trinajstić information content (AvgIpc) is 3.25. The second kappa shape index (κ2) is 7.91. The number of halogens is 2. The summed E-state index contributed by atoms with van der Waals surface area (Å²) >= 11 is 0. The summed E-state index contributed by atoms with van der Waals surface area (Å²) in [5.74, 6) is 1.70. The third-order valence-corrected chi connectivity index (χ3v) is 5.51. The van der Waals surface area contributed by atoms with Gasteiger partial charge in [-0.25, -0.2) is 5.01 Å².